The lowest BCUT2D eigenvalue weighted by molar-refractivity contribution is -0.208. The predicted octanol–water partition coefficient (Wildman–Crippen LogP) is 3.10. The third-order valence-electron chi connectivity index (χ3n) is 3.72. The Labute approximate surface area is 135 Å². The first-order valence-electron chi connectivity index (χ1n) is 7.14. The summed E-state index contributed by atoms with van der Waals surface area (Å²) in [5.74, 6) is -0.0507. The Hall–Kier alpha value is -2.00. The number of aliphatic hydroxyl groups excluding tert-OH is 1. The minimum atomic E-state index is -4.69. The molecule has 2 unspecified atom stereocenters. The van der Waals surface area contributed by atoms with Crippen LogP contribution in [0.2, 0.25) is 0 Å². The summed E-state index contributed by atoms with van der Waals surface area (Å²) in [6.07, 6.45) is -7.16. The van der Waals surface area contributed by atoms with Gasteiger partial charge >= 0.3 is 6.18 Å². The number of nitrogens with zero attached hydrogens (tertiary/aromatic N) is 3. The highest BCUT2D eigenvalue weighted by atomic mass is 19.4. The third kappa shape index (κ3) is 4.09. The monoisotopic (exact) mass is 347 g/mol. The highest BCUT2D eigenvalue weighted by Crippen LogP contribution is 2.25. The molecule has 0 radical (unpaired) electrons. The van der Waals surface area contributed by atoms with E-state index in [1.165, 1.54) is 24.1 Å². The normalized spacial score (nSPS) is 14.9. The fraction of sp³-hybridized carbons (Fsp3) is 0.467. The molecule has 0 saturated carbocycles. The maximum atomic E-state index is 13.3. The van der Waals surface area contributed by atoms with E-state index in [2.05, 4.69) is 10.1 Å². The molecule has 0 saturated heterocycles. The van der Waals surface area contributed by atoms with Crippen LogP contribution in [0.4, 0.5) is 17.6 Å². The van der Waals surface area contributed by atoms with Crippen molar-refractivity contribution in [1.82, 2.24) is 15.0 Å². The van der Waals surface area contributed by atoms with Crippen molar-refractivity contribution >= 4 is 0 Å². The number of aryl methyl sites for hydroxylation is 1. The fourth-order valence-electron chi connectivity index (χ4n) is 2.03. The van der Waals surface area contributed by atoms with Crippen LogP contribution in [0.5, 0.6) is 0 Å². The Morgan fingerprint density at radius 1 is 1.33 bits per heavy atom. The smallest absolute Gasteiger partial charge is 0.382 e. The lowest BCUT2D eigenvalue weighted by Gasteiger charge is -2.25. The summed E-state index contributed by atoms with van der Waals surface area (Å²) in [6.45, 7) is 2.54. The lowest BCUT2D eigenvalue weighted by Crippen LogP contribution is -2.40. The quantitative estimate of drug-likeness (QED) is 0.842. The number of hydrogen-bond donors (Lipinski definition) is 1. The second-order valence-corrected chi connectivity index (χ2v) is 5.59. The van der Waals surface area contributed by atoms with Gasteiger partial charge in [0.1, 0.15) is 5.82 Å². The van der Waals surface area contributed by atoms with Gasteiger partial charge in [-0.15, -0.1) is 0 Å². The Balaban J connectivity index is 2.13. The molecule has 0 spiro atoms. The van der Waals surface area contributed by atoms with Crippen LogP contribution in [0, 0.1) is 12.7 Å². The maximum Gasteiger partial charge on any atom is 0.415 e. The number of hydrogen-bond acceptors (Lipinski definition) is 5. The zero-order valence-corrected chi connectivity index (χ0v) is 13.3. The molecular weight excluding hydrogens is 330 g/mol. The van der Waals surface area contributed by atoms with Crippen molar-refractivity contribution in [2.75, 3.05) is 13.6 Å². The van der Waals surface area contributed by atoms with Gasteiger partial charge in [0.15, 0.2) is 6.10 Å². The molecule has 0 fully saturated rings. The molecule has 2 rings (SSSR count). The Morgan fingerprint density at radius 3 is 2.58 bits per heavy atom. The molecule has 0 amide bonds. The lowest BCUT2D eigenvalue weighted by atomic mass is 10.1. The zero-order chi connectivity index (χ0) is 18.1. The Bertz CT molecular complexity index is 702. The summed E-state index contributed by atoms with van der Waals surface area (Å²) in [4.78, 5) is 5.39. The van der Waals surface area contributed by atoms with Gasteiger partial charge in [0, 0.05) is 12.1 Å². The summed E-state index contributed by atoms with van der Waals surface area (Å²) < 4.78 is 55.6. The van der Waals surface area contributed by atoms with Crippen LogP contribution in [0.1, 0.15) is 24.4 Å². The van der Waals surface area contributed by atoms with Gasteiger partial charge in [-0.05, 0) is 44.7 Å². The van der Waals surface area contributed by atoms with Crippen LogP contribution in [-0.4, -0.2) is 46.0 Å². The number of alkyl halides is 3. The molecule has 1 heterocycles. The largest absolute Gasteiger partial charge is 0.415 e. The first-order chi connectivity index (χ1) is 11.1. The van der Waals surface area contributed by atoms with Crippen LogP contribution in [0.25, 0.3) is 11.4 Å². The first-order valence-corrected chi connectivity index (χ1v) is 7.14. The summed E-state index contributed by atoms with van der Waals surface area (Å²) in [5.41, 5.74) is 0.950. The Morgan fingerprint density at radius 2 is 2.00 bits per heavy atom. The molecule has 132 valence electrons. The summed E-state index contributed by atoms with van der Waals surface area (Å²) in [7, 11) is 1.41. The molecule has 0 bridgehead atoms. The molecule has 0 aliphatic heterocycles. The second-order valence-electron chi connectivity index (χ2n) is 5.59. The van der Waals surface area contributed by atoms with E-state index in [1.54, 1.807) is 19.9 Å². The Kier molecular flexibility index (Phi) is 5.24. The molecule has 2 atom stereocenters. The zero-order valence-electron chi connectivity index (χ0n) is 13.3. The van der Waals surface area contributed by atoms with Crippen LogP contribution in [0.3, 0.4) is 0 Å². The van der Waals surface area contributed by atoms with Crippen LogP contribution in [0.15, 0.2) is 22.7 Å². The molecule has 9 heteroatoms. The molecule has 1 N–H and O–H groups in total. The molecule has 0 aliphatic carbocycles. The van der Waals surface area contributed by atoms with Gasteiger partial charge in [0.2, 0.25) is 11.7 Å². The maximum absolute atomic E-state index is 13.3. The molecule has 1 aromatic heterocycles. The van der Waals surface area contributed by atoms with Gasteiger partial charge in [-0.2, -0.15) is 18.2 Å². The number of aromatic nitrogens is 2. The van der Waals surface area contributed by atoms with E-state index < -0.39 is 24.9 Å². The predicted molar refractivity (Wildman–Crippen MR) is 77.5 cm³/mol. The molecule has 0 aliphatic rings. The van der Waals surface area contributed by atoms with Gasteiger partial charge in [0.25, 0.3) is 0 Å². The van der Waals surface area contributed by atoms with Crippen molar-refractivity contribution in [3.63, 3.8) is 0 Å². The van der Waals surface area contributed by atoms with Crippen LogP contribution < -0.4 is 0 Å². The third-order valence-corrected chi connectivity index (χ3v) is 3.72. The summed E-state index contributed by atoms with van der Waals surface area (Å²) in [5, 5.41) is 12.9. The topological polar surface area (TPSA) is 62.4 Å². The molecule has 2 aromatic rings. The van der Waals surface area contributed by atoms with E-state index in [0.29, 0.717) is 11.1 Å². The minimum absolute atomic E-state index is 0.101. The van der Waals surface area contributed by atoms with E-state index in [-0.39, 0.29) is 17.5 Å². The summed E-state index contributed by atoms with van der Waals surface area (Å²) >= 11 is 0. The minimum Gasteiger partial charge on any atom is -0.382 e. The van der Waals surface area contributed by atoms with Gasteiger partial charge in [0.05, 0.1) is 6.04 Å². The van der Waals surface area contributed by atoms with Gasteiger partial charge in [-0.25, -0.2) is 4.39 Å². The van der Waals surface area contributed by atoms with Crippen molar-refractivity contribution < 1.29 is 27.2 Å². The van der Waals surface area contributed by atoms with Crippen LogP contribution >= 0.6 is 0 Å². The molecule has 1 aromatic carbocycles. The number of aliphatic hydroxyl groups is 1. The average Bonchev–Trinajstić information content (AvgIpc) is 2.98. The molecule has 5 nitrogen and oxygen atoms in total. The van der Waals surface area contributed by atoms with Crippen molar-refractivity contribution in [2.45, 2.75) is 32.2 Å². The van der Waals surface area contributed by atoms with E-state index >= 15 is 0 Å². The number of rotatable bonds is 5. The van der Waals surface area contributed by atoms with Gasteiger partial charge in [-0.3, -0.25) is 4.90 Å². The average molecular weight is 347 g/mol. The highest BCUT2D eigenvalue weighted by molar-refractivity contribution is 5.55. The summed E-state index contributed by atoms with van der Waals surface area (Å²) in [6, 6.07) is 3.67. The number of benzene rings is 1. The number of likely N-dealkylation sites (N-methyl/N-ethyl adjacent to an activating group) is 1. The van der Waals surface area contributed by atoms with Gasteiger partial charge in [-0.1, -0.05) is 5.16 Å². The van der Waals surface area contributed by atoms with Crippen molar-refractivity contribution in [3.05, 3.63) is 35.5 Å². The van der Waals surface area contributed by atoms with Crippen LogP contribution in [-0.2, 0) is 0 Å². The van der Waals surface area contributed by atoms with Crippen molar-refractivity contribution in [1.29, 1.82) is 0 Å². The van der Waals surface area contributed by atoms with E-state index in [9.17, 15) is 17.6 Å². The van der Waals surface area contributed by atoms with E-state index in [4.69, 9.17) is 9.63 Å². The standard InChI is InChI=1S/C15H17F4N3O2/c1-8-6-10(4-5-11(8)16)13-20-14(24-21-13)9(2)22(3)7-12(23)15(17,18)19/h4-6,9,12,23H,7H2,1-3H3. The molecule has 24 heavy (non-hydrogen) atoms. The second kappa shape index (κ2) is 6.86. The fourth-order valence-corrected chi connectivity index (χ4v) is 2.03. The van der Waals surface area contributed by atoms with Crippen molar-refractivity contribution in [2.24, 2.45) is 0 Å². The SMILES string of the molecule is Cc1cc(-c2noc(C(C)N(C)CC(O)C(F)(F)F)n2)ccc1F. The van der Waals surface area contributed by atoms with E-state index in [0.717, 1.165) is 0 Å². The highest BCUT2D eigenvalue weighted by Gasteiger charge is 2.39. The molecular formula is C15H17F4N3O2. The van der Waals surface area contributed by atoms with E-state index in [1.807, 2.05) is 0 Å². The van der Waals surface area contributed by atoms with Crippen molar-refractivity contribution in [3.8, 4) is 11.4 Å². The first kappa shape index (κ1) is 18.3. The number of halogens is 4. The van der Waals surface area contributed by atoms with Gasteiger partial charge < -0.3 is 9.63 Å².